The first-order valence-corrected chi connectivity index (χ1v) is 4.74. The highest BCUT2D eigenvalue weighted by molar-refractivity contribution is 5.85. The third-order valence-corrected chi connectivity index (χ3v) is 2.47. The van der Waals surface area contributed by atoms with Gasteiger partial charge in [-0.1, -0.05) is 0 Å². The number of ether oxygens (including phenoxy) is 1. The van der Waals surface area contributed by atoms with Crippen LogP contribution >= 0.6 is 12.4 Å². The van der Waals surface area contributed by atoms with Gasteiger partial charge in [0.25, 0.3) is 0 Å². The Morgan fingerprint density at radius 1 is 1.60 bits per heavy atom. The molecular weight excluding hydrogens is 219 g/mol. The summed E-state index contributed by atoms with van der Waals surface area (Å²) in [6.45, 7) is 0.977. The van der Waals surface area contributed by atoms with Crippen LogP contribution in [-0.2, 0) is 0 Å². The molecule has 15 heavy (non-hydrogen) atoms. The fourth-order valence-electron chi connectivity index (χ4n) is 1.81. The van der Waals surface area contributed by atoms with Crippen LogP contribution in [0.1, 0.15) is 24.4 Å². The molecule has 5 heteroatoms. The highest BCUT2D eigenvalue weighted by Crippen LogP contribution is 2.29. The van der Waals surface area contributed by atoms with E-state index in [-0.39, 0.29) is 24.3 Å². The highest BCUT2D eigenvalue weighted by atomic mass is 35.5. The van der Waals surface area contributed by atoms with Crippen molar-refractivity contribution in [2.24, 2.45) is 0 Å². The summed E-state index contributed by atoms with van der Waals surface area (Å²) in [5.41, 5.74) is 0.824. The van der Waals surface area contributed by atoms with Gasteiger partial charge in [-0.15, -0.1) is 12.4 Å². The Morgan fingerprint density at radius 3 is 3.00 bits per heavy atom. The lowest BCUT2D eigenvalue weighted by Gasteiger charge is -2.13. The Morgan fingerprint density at radius 2 is 2.40 bits per heavy atom. The standard InChI is InChI=1S/C10H13FN2O.ClH/c1-14-10-8(5-7(11)6-13-10)9-3-2-4-12-9;/h5-6,9,12H,2-4H2,1H3;1H/t9-;/m1./s1. The van der Waals surface area contributed by atoms with Crippen LogP contribution in [0.2, 0.25) is 0 Å². The Hall–Kier alpha value is -0.870. The van der Waals surface area contributed by atoms with Gasteiger partial charge in [0.2, 0.25) is 5.88 Å². The van der Waals surface area contributed by atoms with Crippen molar-refractivity contribution in [3.05, 3.63) is 23.6 Å². The largest absolute Gasteiger partial charge is 0.481 e. The first kappa shape index (κ1) is 12.2. The second-order valence-electron chi connectivity index (χ2n) is 3.40. The lowest BCUT2D eigenvalue weighted by atomic mass is 10.1. The van der Waals surface area contributed by atoms with Crippen molar-refractivity contribution < 1.29 is 9.13 Å². The van der Waals surface area contributed by atoms with E-state index in [1.165, 1.54) is 12.3 Å². The number of nitrogens with one attached hydrogen (secondary N) is 1. The molecule has 84 valence electrons. The molecule has 1 fully saturated rings. The van der Waals surface area contributed by atoms with Gasteiger partial charge in [-0.3, -0.25) is 0 Å². The van der Waals surface area contributed by atoms with Gasteiger partial charge in [0, 0.05) is 11.6 Å². The van der Waals surface area contributed by atoms with Crippen LogP contribution in [0.15, 0.2) is 12.3 Å². The predicted octanol–water partition coefficient (Wildman–Crippen LogP) is 2.08. The van der Waals surface area contributed by atoms with E-state index in [1.807, 2.05) is 0 Å². The molecule has 0 aromatic carbocycles. The van der Waals surface area contributed by atoms with Crippen molar-refractivity contribution in [1.82, 2.24) is 10.3 Å². The number of nitrogens with zero attached hydrogens (tertiary/aromatic N) is 1. The normalized spacial score (nSPS) is 19.7. The summed E-state index contributed by atoms with van der Waals surface area (Å²) in [6.07, 6.45) is 3.31. The molecule has 1 saturated heterocycles. The van der Waals surface area contributed by atoms with Crippen LogP contribution in [0.5, 0.6) is 5.88 Å². The monoisotopic (exact) mass is 232 g/mol. The van der Waals surface area contributed by atoms with Gasteiger partial charge in [-0.05, 0) is 25.5 Å². The smallest absolute Gasteiger partial charge is 0.218 e. The Labute approximate surface area is 94.5 Å². The first-order chi connectivity index (χ1) is 6.81. The van der Waals surface area contributed by atoms with Crippen LogP contribution in [0.25, 0.3) is 0 Å². The third kappa shape index (κ3) is 2.58. The maximum atomic E-state index is 13.0. The zero-order valence-corrected chi connectivity index (χ0v) is 9.31. The van der Waals surface area contributed by atoms with Crippen molar-refractivity contribution >= 4 is 12.4 Å². The molecule has 1 N–H and O–H groups in total. The molecule has 0 bridgehead atoms. The van der Waals surface area contributed by atoms with Crippen molar-refractivity contribution in [1.29, 1.82) is 0 Å². The maximum Gasteiger partial charge on any atom is 0.218 e. The summed E-state index contributed by atoms with van der Waals surface area (Å²) in [5.74, 6) is 0.209. The Bertz CT molecular complexity index is 329. The molecule has 1 aromatic rings. The number of hydrogen-bond donors (Lipinski definition) is 1. The van der Waals surface area contributed by atoms with Crippen molar-refractivity contribution in [3.8, 4) is 5.88 Å². The summed E-state index contributed by atoms with van der Waals surface area (Å²) in [7, 11) is 1.55. The predicted molar refractivity (Wildman–Crippen MR) is 58.0 cm³/mol. The average molecular weight is 233 g/mol. The molecule has 1 aliphatic heterocycles. The molecule has 0 amide bonds. The molecule has 1 aromatic heterocycles. The fourth-order valence-corrected chi connectivity index (χ4v) is 1.81. The average Bonchev–Trinajstić information content (AvgIpc) is 2.70. The highest BCUT2D eigenvalue weighted by Gasteiger charge is 2.21. The molecule has 1 aliphatic rings. The van der Waals surface area contributed by atoms with Crippen LogP contribution in [0, 0.1) is 5.82 Å². The SMILES string of the molecule is COc1ncc(F)cc1[C@H]1CCCN1.Cl. The van der Waals surface area contributed by atoms with E-state index in [0.717, 1.165) is 24.9 Å². The number of rotatable bonds is 2. The summed E-state index contributed by atoms with van der Waals surface area (Å²) < 4.78 is 18.1. The van der Waals surface area contributed by atoms with Crippen LogP contribution in [0.4, 0.5) is 4.39 Å². The number of aromatic nitrogens is 1. The minimum absolute atomic E-state index is 0. The van der Waals surface area contributed by atoms with Gasteiger partial charge in [0.15, 0.2) is 0 Å². The molecule has 0 saturated carbocycles. The van der Waals surface area contributed by atoms with Crippen molar-refractivity contribution in [2.75, 3.05) is 13.7 Å². The van der Waals surface area contributed by atoms with Crippen molar-refractivity contribution in [2.45, 2.75) is 18.9 Å². The minimum atomic E-state index is -0.311. The van der Waals surface area contributed by atoms with Gasteiger partial charge in [0.1, 0.15) is 5.82 Å². The summed E-state index contributed by atoms with van der Waals surface area (Å²) in [4.78, 5) is 3.90. The molecule has 2 rings (SSSR count). The molecular formula is C10H14ClFN2O. The van der Waals surface area contributed by atoms with E-state index in [2.05, 4.69) is 10.3 Å². The number of pyridine rings is 1. The molecule has 0 aliphatic carbocycles. The van der Waals surface area contributed by atoms with Gasteiger partial charge < -0.3 is 10.1 Å². The quantitative estimate of drug-likeness (QED) is 0.848. The molecule has 3 nitrogen and oxygen atoms in total. The van der Waals surface area contributed by atoms with E-state index >= 15 is 0 Å². The molecule has 0 radical (unpaired) electrons. The van der Waals surface area contributed by atoms with Crippen LogP contribution in [-0.4, -0.2) is 18.6 Å². The number of methoxy groups -OCH3 is 1. The summed E-state index contributed by atoms with van der Waals surface area (Å²) >= 11 is 0. The molecule has 2 heterocycles. The van der Waals surface area contributed by atoms with Crippen molar-refractivity contribution in [3.63, 3.8) is 0 Å². The molecule has 0 spiro atoms. The molecule has 1 atom stereocenters. The third-order valence-electron chi connectivity index (χ3n) is 2.47. The number of hydrogen-bond acceptors (Lipinski definition) is 3. The van der Waals surface area contributed by atoms with E-state index in [9.17, 15) is 4.39 Å². The lowest BCUT2D eigenvalue weighted by molar-refractivity contribution is 0.383. The Kier molecular flexibility index (Phi) is 4.29. The fraction of sp³-hybridized carbons (Fsp3) is 0.500. The first-order valence-electron chi connectivity index (χ1n) is 4.74. The topological polar surface area (TPSA) is 34.1 Å². The van der Waals surface area contributed by atoms with Gasteiger partial charge in [0.05, 0.1) is 13.3 Å². The van der Waals surface area contributed by atoms with Crippen LogP contribution in [0.3, 0.4) is 0 Å². The van der Waals surface area contributed by atoms with E-state index < -0.39 is 0 Å². The van der Waals surface area contributed by atoms with E-state index in [1.54, 1.807) is 7.11 Å². The Balaban J connectivity index is 0.00000112. The zero-order valence-electron chi connectivity index (χ0n) is 8.50. The lowest BCUT2D eigenvalue weighted by Crippen LogP contribution is -2.14. The van der Waals surface area contributed by atoms with Gasteiger partial charge in [-0.25, -0.2) is 9.37 Å². The molecule has 0 unspecified atom stereocenters. The van der Waals surface area contributed by atoms with Gasteiger partial charge >= 0.3 is 0 Å². The zero-order chi connectivity index (χ0) is 9.97. The summed E-state index contributed by atoms with van der Waals surface area (Å²) in [5, 5.41) is 3.29. The second kappa shape index (κ2) is 5.28. The van der Waals surface area contributed by atoms with Crippen LogP contribution < -0.4 is 10.1 Å². The number of halogens is 2. The minimum Gasteiger partial charge on any atom is -0.481 e. The maximum absolute atomic E-state index is 13.0. The second-order valence-corrected chi connectivity index (χ2v) is 3.40. The van der Waals surface area contributed by atoms with E-state index in [0.29, 0.717) is 5.88 Å². The van der Waals surface area contributed by atoms with Gasteiger partial charge in [-0.2, -0.15) is 0 Å². The van der Waals surface area contributed by atoms with E-state index in [4.69, 9.17) is 4.74 Å². The summed E-state index contributed by atoms with van der Waals surface area (Å²) in [6, 6.07) is 1.68.